The molecule has 1 heterocycles. The Morgan fingerprint density at radius 3 is 2.64 bits per heavy atom. The van der Waals surface area contributed by atoms with Crippen molar-refractivity contribution in [2.75, 3.05) is 0 Å². The first kappa shape index (κ1) is 17.4. The quantitative estimate of drug-likeness (QED) is 0.507. The van der Waals surface area contributed by atoms with Crippen molar-refractivity contribution in [2.24, 2.45) is 16.6 Å². The summed E-state index contributed by atoms with van der Waals surface area (Å²) in [7, 11) is 0. The molecule has 10 heteroatoms. The number of benzene rings is 1. The second-order valence-corrected chi connectivity index (χ2v) is 6.41. The van der Waals surface area contributed by atoms with Crippen molar-refractivity contribution < 1.29 is 27.2 Å². The molecule has 0 bridgehead atoms. The number of nitrogens with zero attached hydrogens (tertiary/aromatic N) is 2. The molecular weight excluding hydrogens is 346 g/mol. The van der Waals surface area contributed by atoms with Crippen molar-refractivity contribution >= 4 is 11.7 Å². The molecule has 6 nitrogen and oxygen atoms in total. The number of nitro benzene ring substituents is 1. The highest BCUT2D eigenvalue weighted by Crippen LogP contribution is 2.51. The number of ether oxygens (including phenoxy) is 1. The summed E-state index contributed by atoms with van der Waals surface area (Å²) in [4.78, 5) is 13.8. The number of rotatable bonds is 4. The first-order chi connectivity index (χ1) is 11.6. The van der Waals surface area contributed by atoms with Gasteiger partial charge >= 0.3 is 0 Å². The van der Waals surface area contributed by atoms with Crippen LogP contribution in [0.5, 0.6) is 0 Å². The number of nitro groups is 1. The van der Waals surface area contributed by atoms with Gasteiger partial charge in [0.1, 0.15) is 11.4 Å². The molecule has 0 spiro atoms. The van der Waals surface area contributed by atoms with E-state index < -0.39 is 57.7 Å². The van der Waals surface area contributed by atoms with Gasteiger partial charge < -0.3 is 10.5 Å². The van der Waals surface area contributed by atoms with E-state index >= 15 is 4.39 Å². The van der Waals surface area contributed by atoms with E-state index in [1.54, 1.807) is 0 Å². The van der Waals surface area contributed by atoms with E-state index in [0.717, 1.165) is 25.1 Å². The van der Waals surface area contributed by atoms with Crippen molar-refractivity contribution in [3.05, 3.63) is 39.7 Å². The van der Waals surface area contributed by atoms with Gasteiger partial charge in [0.05, 0.1) is 4.92 Å². The van der Waals surface area contributed by atoms with Crippen molar-refractivity contribution in [1.29, 1.82) is 0 Å². The number of aliphatic imine (C=N–C) groups is 1. The molecule has 1 aliphatic heterocycles. The van der Waals surface area contributed by atoms with Crippen LogP contribution in [0.4, 0.5) is 23.2 Å². The average molecular weight is 361 g/mol. The van der Waals surface area contributed by atoms with Gasteiger partial charge in [0, 0.05) is 23.6 Å². The van der Waals surface area contributed by atoms with E-state index in [1.807, 2.05) is 0 Å². The molecule has 1 aromatic rings. The lowest BCUT2D eigenvalue weighted by Crippen LogP contribution is -2.57. The SMILES string of the molecule is C[C@]1(c2cc([N+](=O)[O-])ccc2F)N=C(N)O[C@H](C(F)(F)C2CC2)[C@@H]1F. The largest absolute Gasteiger partial charge is 0.452 e. The third-order valence-corrected chi connectivity index (χ3v) is 4.60. The van der Waals surface area contributed by atoms with E-state index in [0.29, 0.717) is 0 Å². The maximum absolute atomic E-state index is 15.0. The lowest BCUT2D eigenvalue weighted by Gasteiger charge is -2.41. The van der Waals surface area contributed by atoms with Crippen LogP contribution in [0.15, 0.2) is 23.2 Å². The highest BCUT2D eigenvalue weighted by atomic mass is 19.3. The van der Waals surface area contributed by atoms with Gasteiger partial charge in [-0.3, -0.25) is 10.1 Å². The molecule has 0 unspecified atom stereocenters. The molecular formula is C15H15F4N3O3. The Labute approximate surface area is 139 Å². The van der Waals surface area contributed by atoms with Crippen LogP contribution < -0.4 is 5.73 Å². The summed E-state index contributed by atoms with van der Waals surface area (Å²) in [5.41, 5.74) is 2.21. The number of hydrogen-bond acceptors (Lipinski definition) is 5. The molecule has 3 atom stereocenters. The molecule has 1 aliphatic carbocycles. The van der Waals surface area contributed by atoms with Crippen LogP contribution in [-0.2, 0) is 10.3 Å². The molecule has 3 rings (SSSR count). The standard InChI is InChI=1S/C15H15F4N3O3/c1-14(9-6-8(22(23)24)4-5-10(9)16)11(17)12(25-13(20)21-14)15(18,19)7-2-3-7/h4-7,11-12H,2-3H2,1H3,(H2,20,21)/t11-,12-,14+/m0/s1. The number of halogens is 4. The van der Waals surface area contributed by atoms with Crippen molar-refractivity contribution in [1.82, 2.24) is 0 Å². The molecule has 1 aromatic carbocycles. The Morgan fingerprint density at radius 1 is 1.44 bits per heavy atom. The summed E-state index contributed by atoms with van der Waals surface area (Å²) >= 11 is 0. The van der Waals surface area contributed by atoms with E-state index in [4.69, 9.17) is 10.5 Å². The Hall–Kier alpha value is -2.39. The Bertz CT molecular complexity index is 754. The molecule has 2 aliphatic rings. The maximum atomic E-state index is 15.0. The van der Waals surface area contributed by atoms with E-state index in [2.05, 4.69) is 4.99 Å². The Kier molecular flexibility index (Phi) is 3.88. The van der Waals surface area contributed by atoms with Crippen LogP contribution in [0.25, 0.3) is 0 Å². The third kappa shape index (κ3) is 2.79. The van der Waals surface area contributed by atoms with Gasteiger partial charge in [-0.2, -0.15) is 0 Å². The highest BCUT2D eigenvalue weighted by molar-refractivity contribution is 5.73. The fraction of sp³-hybridized carbons (Fsp3) is 0.533. The summed E-state index contributed by atoms with van der Waals surface area (Å²) in [6.07, 6.45) is -4.26. The first-order valence-corrected chi connectivity index (χ1v) is 7.55. The van der Waals surface area contributed by atoms with Crippen LogP contribution in [0.3, 0.4) is 0 Å². The smallest absolute Gasteiger partial charge is 0.290 e. The summed E-state index contributed by atoms with van der Waals surface area (Å²) < 4.78 is 62.8. The number of non-ortho nitro benzene ring substituents is 1. The molecule has 0 radical (unpaired) electrons. The molecule has 25 heavy (non-hydrogen) atoms. The highest BCUT2D eigenvalue weighted by Gasteiger charge is 2.62. The molecule has 136 valence electrons. The third-order valence-electron chi connectivity index (χ3n) is 4.60. The lowest BCUT2D eigenvalue weighted by atomic mass is 9.81. The van der Waals surface area contributed by atoms with Crippen molar-refractivity contribution in [2.45, 2.75) is 43.5 Å². The molecule has 0 aromatic heterocycles. The lowest BCUT2D eigenvalue weighted by molar-refractivity contribution is -0.385. The van der Waals surface area contributed by atoms with Crippen LogP contribution >= 0.6 is 0 Å². The zero-order valence-electron chi connectivity index (χ0n) is 13.1. The minimum Gasteiger partial charge on any atom is -0.452 e. The minimum atomic E-state index is -3.52. The van der Waals surface area contributed by atoms with Crippen LogP contribution in [0.2, 0.25) is 0 Å². The van der Waals surface area contributed by atoms with Gasteiger partial charge in [0.2, 0.25) is 0 Å². The predicted octanol–water partition coefficient (Wildman–Crippen LogP) is 3.05. The zero-order valence-corrected chi connectivity index (χ0v) is 13.1. The number of amidine groups is 1. The predicted molar refractivity (Wildman–Crippen MR) is 79.5 cm³/mol. The van der Waals surface area contributed by atoms with Crippen LogP contribution in [0, 0.1) is 21.8 Å². The van der Waals surface area contributed by atoms with Gasteiger partial charge in [-0.25, -0.2) is 22.6 Å². The summed E-state index contributed by atoms with van der Waals surface area (Å²) in [5.74, 6) is -5.57. The number of hydrogen-bond donors (Lipinski definition) is 1. The normalized spacial score (nSPS) is 29.7. The summed E-state index contributed by atoms with van der Waals surface area (Å²) in [6.45, 7) is 1.06. The molecule has 2 N–H and O–H groups in total. The fourth-order valence-corrected chi connectivity index (χ4v) is 3.00. The molecule has 0 saturated heterocycles. The molecule has 1 fully saturated rings. The Morgan fingerprint density at radius 2 is 2.08 bits per heavy atom. The van der Waals surface area contributed by atoms with Gasteiger partial charge in [-0.15, -0.1) is 0 Å². The topological polar surface area (TPSA) is 90.8 Å². The fourth-order valence-electron chi connectivity index (χ4n) is 3.00. The summed E-state index contributed by atoms with van der Waals surface area (Å²) in [5, 5.41) is 10.9. The van der Waals surface area contributed by atoms with E-state index in [1.165, 1.54) is 0 Å². The Balaban J connectivity index is 2.09. The van der Waals surface area contributed by atoms with E-state index in [9.17, 15) is 23.3 Å². The van der Waals surface area contributed by atoms with Crippen LogP contribution in [-0.4, -0.2) is 29.1 Å². The van der Waals surface area contributed by atoms with Crippen molar-refractivity contribution in [3.63, 3.8) is 0 Å². The molecule has 1 saturated carbocycles. The molecule has 0 amide bonds. The van der Waals surface area contributed by atoms with Gasteiger partial charge in [-0.05, 0) is 25.8 Å². The zero-order chi connectivity index (χ0) is 18.6. The van der Waals surface area contributed by atoms with Gasteiger partial charge in [-0.1, -0.05) is 0 Å². The summed E-state index contributed by atoms with van der Waals surface area (Å²) in [6, 6.07) is 1.71. The number of alkyl halides is 3. The van der Waals surface area contributed by atoms with E-state index in [-0.39, 0.29) is 12.8 Å². The second kappa shape index (κ2) is 5.57. The maximum Gasteiger partial charge on any atom is 0.290 e. The first-order valence-electron chi connectivity index (χ1n) is 7.55. The number of nitrogens with two attached hydrogens (primary N) is 1. The van der Waals surface area contributed by atoms with Crippen molar-refractivity contribution in [3.8, 4) is 0 Å². The van der Waals surface area contributed by atoms with Gasteiger partial charge in [0.25, 0.3) is 17.6 Å². The average Bonchev–Trinajstić information content (AvgIpc) is 3.36. The second-order valence-electron chi connectivity index (χ2n) is 6.41. The monoisotopic (exact) mass is 361 g/mol. The minimum absolute atomic E-state index is 0.221. The van der Waals surface area contributed by atoms with Crippen LogP contribution in [0.1, 0.15) is 25.3 Å². The van der Waals surface area contributed by atoms with Gasteiger partial charge in [0.15, 0.2) is 12.3 Å².